The molecule has 2 aromatic carbocycles. The van der Waals surface area contributed by atoms with E-state index in [0.29, 0.717) is 30.8 Å². The zero-order chi connectivity index (χ0) is 21.0. The molecule has 0 atom stereocenters. The summed E-state index contributed by atoms with van der Waals surface area (Å²) in [5, 5.41) is 11.5. The topological polar surface area (TPSA) is 107 Å². The van der Waals surface area contributed by atoms with Crippen molar-refractivity contribution >= 4 is 21.5 Å². The van der Waals surface area contributed by atoms with Crippen molar-refractivity contribution in [2.45, 2.75) is 37.5 Å². The number of rotatable bonds is 7. The van der Waals surface area contributed by atoms with Gasteiger partial charge in [0, 0.05) is 31.1 Å². The van der Waals surface area contributed by atoms with Gasteiger partial charge in [0.1, 0.15) is 5.75 Å². The number of hydrogen-bond acceptors (Lipinski definition) is 6. The molecule has 0 N–H and O–H groups in total. The van der Waals surface area contributed by atoms with Crippen LogP contribution < -0.4 is 4.74 Å². The Kier molecular flexibility index (Phi) is 6.29. The molecule has 1 saturated heterocycles. The van der Waals surface area contributed by atoms with E-state index in [0.717, 1.165) is 25.3 Å². The molecule has 0 aromatic heterocycles. The van der Waals surface area contributed by atoms with Crippen molar-refractivity contribution in [2.75, 3.05) is 13.1 Å². The number of sulfonamides is 1. The second-order valence-corrected chi connectivity index (χ2v) is 8.69. The van der Waals surface area contributed by atoms with Crippen LogP contribution in [0.3, 0.4) is 0 Å². The number of ketones is 1. The van der Waals surface area contributed by atoms with Crippen molar-refractivity contribution < 1.29 is 22.9 Å². The summed E-state index contributed by atoms with van der Waals surface area (Å²) < 4.78 is 32.5. The van der Waals surface area contributed by atoms with Gasteiger partial charge in [-0.3, -0.25) is 14.9 Å². The van der Waals surface area contributed by atoms with Gasteiger partial charge >= 0.3 is 5.69 Å². The van der Waals surface area contributed by atoms with Crippen LogP contribution in [-0.2, 0) is 10.0 Å². The van der Waals surface area contributed by atoms with Crippen LogP contribution in [0.4, 0.5) is 5.69 Å². The summed E-state index contributed by atoms with van der Waals surface area (Å²) in [7, 11) is -3.79. The van der Waals surface area contributed by atoms with Gasteiger partial charge in [-0.25, -0.2) is 8.42 Å². The van der Waals surface area contributed by atoms with Gasteiger partial charge in [0.15, 0.2) is 5.78 Å². The molecule has 1 fully saturated rings. The maximum Gasteiger partial charge on any atom is 0.312 e. The lowest BCUT2D eigenvalue weighted by Crippen LogP contribution is -2.35. The summed E-state index contributed by atoms with van der Waals surface area (Å²) in [4.78, 5) is 22.4. The standard InChI is InChI=1S/C20H22N2O6S/c1-2-19(23)15-6-8-16(9-7-15)28-20-11-10-17(14-18(20)22(24)25)29(26,27)21-12-4-3-5-13-21/h6-11,14H,2-5,12-13H2,1H3. The molecule has 0 bridgehead atoms. The van der Waals surface area contributed by atoms with Crippen LogP contribution in [0.5, 0.6) is 11.5 Å². The molecular weight excluding hydrogens is 396 g/mol. The van der Waals surface area contributed by atoms with Crippen LogP contribution >= 0.6 is 0 Å². The Hall–Kier alpha value is -2.78. The molecule has 29 heavy (non-hydrogen) atoms. The second kappa shape index (κ2) is 8.71. The van der Waals surface area contributed by atoms with Gasteiger partial charge in [-0.15, -0.1) is 0 Å². The number of piperidine rings is 1. The lowest BCUT2D eigenvalue weighted by Gasteiger charge is -2.25. The third kappa shape index (κ3) is 4.63. The van der Waals surface area contributed by atoms with Gasteiger partial charge in [-0.1, -0.05) is 13.3 Å². The van der Waals surface area contributed by atoms with Gasteiger partial charge in [0.05, 0.1) is 9.82 Å². The van der Waals surface area contributed by atoms with Crippen LogP contribution in [0.15, 0.2) is 47.4 Å². The SMILES string of the molecule is CCC(=O)c1ccc(Oc2ccc(S(=O)(=O)N3CCCCC3)cc2[N+](=O)[O-])cc1. The van der Waals surface area contributed by atoms with Crippen molar-refractivity contribution in [1.82, 2.24) is 4.31 Å². The lowest BCUT2D eigenvalue weighted by molar-refractivity contribution is -0.385. The summed E-state index contributed by atoms with van der Waals surface area (Å²) in [6.45, 7) is 2.59. The van der Waals surface area contributed by atoms with Crippen LogP contribution in [0.1, 0.15) is 43.0 Å². The third-order valence-corrected chi connectivity index (χ3v) is 6.70. The number of nitro groups is 1. The number of nitrogens with zero attached hydrogens (tertiary/aromatic N) is 2. The number of nitro benzene ring substituents is 1. The Labute approximate surface area is 169 Å². The Morgan fingerprint density at radius 3 is 2.34 bits per heavy atom. The van der Waals surface area contributed by atoms with Crippen molar-refractivity contribution in [3.8, 4) is 11.5 Å². The Morgan fingerprint density at radius 1 is 1.10 bits per heavy atom. The highest BCUT2D eigenvalue weighted by Gasteiger charge is 2.29. The molecule has 9 heteroatoms. The summed E-state index contributed by atoms with van der Waals surface area (Å²) >= 11 is 0. The van der Waals surface area contributed by atoms with E-state index in [1.54, 1.807) is 31.2 Å². The lowest BCUT2D eigenvalue weighted by atomic mass is 10.1. The molecule has 1 heterocycles. The molecule has 0 spiro atoms. The van der Waals surface area contributed by atoms with E-state index in [1.807, 2.05) is 0 Å². The molecule has 0 unspecified atom stereocenters. The zero-order valence-corrected chi connectivity index (χ0v) is 16.9. The first-order chi connectivity index (χ1) is 13.8. The first-order valence-corrected chi connectivity index (χ1v) is 10.9. The largest absolute Gasteiger partial charge is 0.450 e. The van der Waals surface area contributed by atoms with Crippen molar-refractivity contribution in [1.29, 1.82) is 0 Å². The van der Waals surface area contributed by atoms with Crippen LogP contribution in [0.25, 0.3) is 0 Å². The second-order valence-electron chi connectivity index (χ2n) is 6.75. The molecule has 154 valence electrons. The minimum absolute atomic E-state index is 0.0187. The fourth-order valence-electron chi connectivity index (χ4n) is 3.18. The molecule has 0 radical (unpaired) electrons. The van der Waals surface area contributed by atoms with E-state index in [-0.39, 0.29) is 16.4 Å². The minimum atomic E-state index is -3.79. The van der Waals surface area contributed by atoms with Crippen molar-refractivity contribution in [2.24, 2.45) is 0 Å². The summed E-state index contributed by atoms with van der Waals surface area (Å²) in [5.41, 5.74) is 0.0918. The maximum atomic E-state index is 12.8. The van der Waals surface area contributed by atoms with E-state index in [1.165, 1.54) is 16.4 Å². The number of Topliss-reactive ketones (excluding diaryl/α,β-unsaturated/α-hetero) is 1. The maximum absolute atomic E-state index is 12.8. The zero-order valence-electron chi connectivity index (χ0n) is 16.0. The van der Waals surface area contributed by atoms with Gasteiger partial charge < -0.3 is 4.74 Å². The van der Waals surface area contributed by atoms with Crippen molar-refractivity contribution in [3.63, 3.8) is 0 Å². The fraction of sp³-hybridized carbons (Fsp3) is 0.350. The molecule has 8 nitrogen and oxygen atoms in total. The number of carbonyl (C=O) groups is 1. The Bertz CT molecular complexity index is 1010. The number of hydrogen-bond donors (Lipinski definition) is 0. The molecule has 3 rings (SSSR count). The normalized spacial score (nSPS) is 15.1. The highest BCUT2D eigenvalue weighted by molar-refractivity contribution is 7.89. The molecule has 1 aliphatic heterocycles. The van der Waals surface area contributed by atoms with E-state index < -0.39 is 20.6 Å². The van der Waals surface area contributed by atoms with E-state index in [2.05, 4.69) is 0 Å². The fourth-order valence-corrected chi connectivity index (χ4v) is 4.72. The van der Waals surface area contributed by atoms with E-state index in [4.69, 9.17) is 4.74 Å². The molecule has 1 aliphatic rings. The average Bonchev–Trinajstić information content (AvgIpc) is 2.74. The van der Waals surface area contributed by atoms with Gasteiger partial charge in [-0.05, 0) is 49.2 Å². The Morgan fingerprint density at radius 2 is 1.76 bits per heavy atom. The smallest absolute Gasteiger partial charge is 0.312 e. The number of ether oxygens (including phenoxy) is 1. The number of benzene rings is 2. The van der Waals surface area contributed by atoms with Crippen LogP contribution in [0, 0.1) is 10.1 Å². The predicted molar refractivity (Wildman–Crippen MR) is 107 cm³/mol. The third-order valence-electron chi connectivity index (χ3n) is 4.81. The molecular formula is C20H22N2O6S. The van der Waals surface area contributed by atoms with E-state index >= 15 is 0 Å². The summed E-state index contributed by atoms with van der Waals surface area (Å²) in [6.07, 6.45) is 2.90. The molecule has 0 saturated carbocycles. The monoisotopic (exact) mass is 418 g/mol. The number of carbonyl (C=O) groups excluding carboxylic acids is 1. The summed E-state index contributed by atoms with van der Waals surface area (Å²) in [5.74, 6) is 0.226. The van der Waals surface area contributed by atoms with Gasteiger partial charge in [-0.2, -0.15) is 4.31 Å². The minimum Gasteiger partial charge on any atom is -0.450 e. The van der Waals surface area contributed by atoms with Gasteiger partial charge in [0.25, 0.3) is 0 Å². The molecule has 2 aromatic rings. The molecule has 0 amide bonds. The average molecular weight is 418 g/mol. The van der Waals surface area contributed by atoms with Gasteiger partial charge in [0.2, 0.25) is 15.8 Å². The Balaban J connectivity index is 1.88. The summed E-state index contributed by atoms with van der Waals surface area (Å²) in [6, 6.07) is 9.91. The first-order valence-electron chi connectivity index (χ1n) is 9.42. The predicted octanol–water partition coefficient (Wildman–Crippen LogP) is 4.15. The highest BCUT2D eigenvalue weighted by atomic mass is 32.2. The molecule has 0 aliphatic carbocycles. The van der Waals surface area contributed by atoms with E-state index in [9.17, 15) is 23.3 Å². The quantitative estimate of drug-likeness (QED) is 0.380. The highest BCUT2D eigenvalue weighted by Crippen LogP contribution is 2.34. The first kappa shape index (κ1) is 20.9. The van der Waals surface area contributed by atoms with Crippen LogP contribution in [0.2, 0.25) is 0 Å². The van der Waals surface area contributed by atoms with Crippen LogP contribution in [-0.4, -0.2) is 36.5 Å². The van der Waals surface area contributed by atoms with Crippen molar-refractivity contribution in [3.05, 3.63) is 58.1 Å².